The zero-order valence-corrected chi connectivity index (χ0v) is 19.7. The number of hydrogen-bond donors (Lipinski definition) is 1. The van der Waals surface area contributed by atoms with Crippen LogP contribution in [-0.2, 0) is 10.5 Å². The van der Waals surface area contributed by atoms with Crippen molar-refractivity contribution < 1.29 is 4.79 Å². The van der Waals surface area contributed by atoms with Crippen LogP contribution in [0.3, 0.4) is 0 Å². The Balaban J connectivity index is 1.39. The van der Waals surface area contributed by atoms with Crippen molar-refractivity contribution in [3.05, 3.63) is 70.2 Å². The molecule has 2 aromatic carbocycles. The standard InChI is InChI=1S/C21H21ClN4OS3/c1-14(2)17-7-3-15(4-8-17)11-23-24-19(27)13-29-21-26-25-20(30-21)28-12-16-5-9-18(22)10-6-16/h3-11,14H,12-13H2,1-2H3,(H,24,27). The first-order valence-electron chi connectivity index (χ1n) is 9.25. The molecule has 30 heavy (non-hydrogen) atoms. The summed E-state index contributed by atoms with van der Waals surface area (Å²) in [5.74, 6) is 1.34. The molecule has 9 heteroatoms. The van der Waals surface area contributed by atoms with E-state index in [9.17, 15) is 4.79 Å². The summed E-state index contributed by atoms with van der Waals surface area (Å²) in [5.41, 5.74) is 5.93. The van der Waals surface area contributed by atoms with E-state index in [0.717, 1.165) is 25.0 Å². The quantitative estimate of drug-likeness (QED) is 0.238. The Kier molecular flexibility index (Phi) is 8.74. The number of hydrogen-bond acceptors (Lipinski definition) is 7. The highest BCUT2D eigenvalue weighted by Gasteiger charge is 2.08. The van der Waals surface area contributed by atoms with Crippen molar-refractivity contribution in [3.63, 3.8) is 0 Å². The monoisotopic (exact) mass is 476 g/mol. The average molecular weight is 477 g/mol. The van der Waals surface area contributed by atoms with Crippen LogP contribution >= 0.6 is 46.5 Å². The number of halogens is 1. The number of hydrazone groups is 1. The molecule has 0 saturated carbocycles. The number of carbonyl (C=O) groups excluding carboxylic acids is 1. The fraction of sp³-hybridized carbons (Fsp3) is 0.238. The van der Waals surface area contributed by atoms with Crippen LogP contribution in [0.15, 0.2) is 62.3 Å². The molecule has 0 aliphatic carbocycles. The minimum atomic E-state index is -0.180. The summed E-state index contributed by atoms with van der Waals surface area (Å²) in [4.78, 5) is 12.0. The summed E-state index contributed by atoms with van der Waals surface area (Å²) in [5, 5.41) is 13.1. The molecular formula is C21H21ClN4OS3. The van der Waals surface area contributed by atoms with Gasteiger partial charge in [0.2, 0.25) is 0 Å². The SMILES string of the molecule is CC(C)c1ccc(C=NNC(=O)CSc2nnc(SCc3ccc(Cl)cc3)s2)cc1. The third-order valence-electron chi connectivity index (χ3n) is 4.00. The van der Waals surface area contributed by atoms with Crippen molar-refractivity contribution in [1.29, 1.82) is 0 Å². The van der Waals surface area contributed by atoms with E-state index in [1.165, 1.54) is 34.2 Å². The molecule has 0 unspecified atom stereocenters. The van der Waals surface area contributed by atoms with E-state index in [0.29, 0.717) is 5.92 Å². The molecule has 0 spiro atoms. The Labute approximate surface area is 193 Å². The molecule has 156 valence electrons. The molecule has 0 aliphatic heterocycles. The maximum atomic E-state index is 12.0. The zero-order chi connectivity index (χ0) is 21.3. The molecule has 1 aromatic heterocycles. The van der Waals surface area contributed by atoms with Crippen LogP contribution in [0.1, 0.15) is 36.5 Å². The van der Waals surface area contributed by atoms with Crippen LogP contribution in [0, 0.1) is 0 Å². The Bertz CT molecular complexity index is 988. The van der Waals surface area contributed by atoms with Gasteiger partial charge < -0.3 is 0 Å². The van der Waals surface area contributed by atoms with E-state index in [-0.39, 0.29) is 11.7 Å². The molecule has 3 aromatic rings. The molecule has 0 fully saturated rings. The first kappa shape index (κ1) is 22.8. The van der Waals surface area contributed by atoms with E-state index in [1.54, 1.807) is 18.0 Å². The van der Waals surface area contributed by atoms with Gasteiger partial charge in [0, 0.05) is 10.8 Å². The number of thioether (sulfide) groups is 2. The molecular weight excluding hydrogens is 456 g/mol. The fourth-order valence-corrected chi connectivity index (χ4v) is 5.24. The van der Waals surface area contributed by atoms with Crippen molar-refractivity contribution in [2.24, 2.45) is 5.10 Å². The molecule has 0 radical (unpaired) electrons. The number of rotatable bonds is 9. The molecule has 0 atom stereocenters. The van der Waals surface area contributed by atoms with Gasteiger partial charge in [0.15, 0.2) is 8.68 Å². The average Bonchev–Trinajstić information content (AvgIpc) is 3.20. The normalized spacial score (nSPS) is 11.3. The lowest BCUT2D eigenvalue weighted by Gasteiger charge is -2.04. The van der Waals surface area contributed by atoms with Crippen LogP contribution in [-0.4, -0.2) is 28.1 Å². The van der Waals surface area contributed by atoms with Crippen molar-refractivity contribution in [3.8, 4) is 0 Å². The third-order valence-corrected chi connectivity index (χ3v) is 7.51. The summed E-state index contributed by atoms with van der Waals surface area (Å²) in [6.07, 6.45) is 1.64. The van der Waals surface area contributed by atoms with E-state index in [1.807, 2.05) is 36.4 Å². The smallest absolute Gasteiger partial charge is 0.250 e. The third kappa shape index (κ3) is 7.43. The van der Waals surface area contributed by atoms with Crippen LogP contribution < -0.4 is 5.43 Å². The predicted molar refractivity (Wildman–Crippen MR) is 128 cm³/mol. The second-order valence-corrected chi connectivity index (χ2v) is 10.5. The molecule has 0 aliphatic rings. The Morgan fingerprint density at radius 3 is 2.43 bits per heavy atom. The van der Waals surface area contributed by atoms with Gasteiger partial charge in [0.05, 0.1) is 12.0 Å². The van der Waals surface area contributed by atoms with Gasteiger partial charge in [0.1, 0.15) is 0 Å². The van der Waals surface area contributed by atoms with Crippen LogP contribution in [0.4, 0.5) is 0 Å². The number of benzene rings is 2. The van der Waals surface area contributed by atoms with Crippen molar-refractivity contribution in [2.75, 3.05) is 5.75 Å². The van der Waals surface area contributed by atoms with Gasteiger partial charge >= 0.3 is 0 Å². The summed E-state index contributed by atoms with van der Waals surface area (Å²) >= 11 is 10.3. The summed E-state index contributed by atoms with van der Waals surface area (Å²) in [6.45, 7) is 4.31. The van der Waals surface area contributed by atoms with Gasteiger partial charge in [-0.3, -0.25) is 4.79 Å². The predicted octanol–water partition coefficient (Wildman–Crippen LogP) is 5.85. The minimum Gasteiger partial charge on any atom is -0.272 e. The van der Waals surface area contributed by atoms with Gasteiger partial charge in [-0.05, 0) is 34.7 Å². The molecule has 5 nitrogen and oxygen atoms in total. The highest BCUT2D eigenvalue weighted by atomic mass is 35.5. The second kappa shape index (κ2) is 11.5. The Hall–Kier alpha value is -1.87. The lowest BCUT2D eigenvalue weighted by molar-refractivity contribution is -0.118. The number of nitrogens with one attached hydrogen (secondary N) is 1. The zero-order valence-electron chi connectivity index (χ0n) is 16.5. The molecule has 0 bridgehead atoms. The maximum Gasteiger partial charge on any atom is 0.250 e. The summed E-state index contributed by atoms with van der Waals surface area (Å²) in [6, 6.07) is 15.9. The first-order chi connectivity index (χ1) is 14.5. The summed E-state index contributed by atoms with van der Waals surface area (Å²) in [7, 11) is 0. The van der Waals surface area contributed by atoms with Crippen molar-refractivity contribution >= 4 is 58.6 Å². The fourth-order valence-electron chi connectivity index (χ4n) is 2.34. The molecule has 3 rings (SSSR count). The van der Waals surface area contributed by atoms with Crippen LogP contribution in [0.5, 0.6) is 0 Å². The molecule has 1 heterocycles. The van der Waals surface area contributed by atoms with Gasteiger partial charge in [-0.25, -0.2) is 5.43 Å². The van der Waals surface area contributed by atoms with Gasteiger partial charge in [-0.1, -0.05) is 96.7 Å². The van der Waals surface area contributed by atoms with Crippen molar-refractivity contribution in [1.82, 2.24) is 15.6 Å². The number of carbonyl (C=O) groups is 1. The van der Waals surface area contributed by atoms with Gasteiger partial charge in [-0.15, -0.1) is 10.2 Å². The van der Waals surface area contributed by atoms with Crippen LogP contribution in [0.2, 0.25) is 5.02 Å². The highest BCUT2D eigenvalue weighted by Crippen LogP contribution is 2.30. The highest BCUT2D eigenvalue weighted by molar-refractivity contribution is 8.03. The van der Waals surface area contributed by atoms with Gasteiger partial charge in [0.25, 0.3) is 5.91 Å². The van der Waals surface area contributed by atoms with Crippen molar-refractivity contribution in [2.45, 2.75) is 34.2 Å². The summed E-state index contributed by atoms with van der Waals surface area (Å²) < 4.78 is 1.63. The maximum absolute atomic E-state index is 12.0. The van der Waals surface area contributed by atoms with E-state index >= 15 is 0 Å². The first-order valence-corrected chi connectivity index (χ1v) is 12.4. The molecule has 1 amide bonds. The minimum absolute atomic E-state index is 0.180. The topological polar surface area (TPSA) is 67.2 Å². The number of nitrogens with zero attached hydrogens (tertiary/aromatic N) is 3. The second-order valence-electron chi connectivity index (χ2n) is 6.65. The number of amides is 1. The van der Waals surface area contributed by atoms with Crippen LogP contribution in [0.25, 0.3) is 0 Å². The van der Waals surface area contributed by atoms with Gasteiger partial charge in [-0.2, -0.15) is 5.10 Å². The molecule has 1 N–H and O–H groups in total. The van der Waals surface area contributed by atoms with E-state index < -0.39 is 0 Å². The Morgan fingerprint density at radius 2 is 1.77 bits per heavy atom. The largest absolute Gasteiger partial charge is 0.272 e. The Morgan fingerprint density at radius 1 is 1.10 bits per heavy atom. The molecule has 0 saturated heterocycles. The van der Waals surface area contributed by atoms with E-state index in [4.69, 9.17) is 11.6 Å². The lowest BCUT2D eigenvalue weighted by Crippen LogP contribution is -2.19. The lowest BCUT2D eigenvalue weighted by atomic mass is 10.0. The number of aromatic nitrogens is 2. The van der Waals surface area contributed by atoms with E-state index in [2.05, 4.69) is 46.7 Å².